The summed E-state index contributed by atoms with van der Waals surface area (Å²) < 4.78 is 0. The molecule has 0 saturated carbocycles. The lowest BCUT2D eigenvalue weighted by atomic mass is 9.71. The van der Waals surface area contributed by atoms with Crippen LogP contribution in [-0.2, 0) is 0 Å². The summed E-state index contributed by atoms with van der Waals surface area (Å²) in [6.45, 7) is 4.20. The normalized spacial score (nSPS) is 31.9. The Balaban J connectivity index is 1.95. The Bertz CT molecular complexity index is 594. The number of nitrogens with two attached hydrogens (primary N) is 1. The average molecular weight is 296 g/mol. The van der Waals surface area contributed by atoms with E-state index in [9.17, 15) is 5.11 Å². The highest BCUT2D eigenvalue weighted by atomic mass is 16.3. The molecule has 2 nitrogen and oxygen atoms in total. The second-order valence-corrected chi connectivity index (χ2v) is 6.72. The largest absolute Gasteiger partial charge is 0.389 e. The van der Waals surface area contributed by atoms with E-state index >= 15 is 0 Å². The number of hydrogen-bond acceptors (Lipinski definition) is 1. The Hall–Kier alpha value is -1.64. The first-order valence-electron chi connectivity index (χ1n) is 8.29. The van der Waals surface area contributed by atoms with Crippen molar-refractivity contribution in [3.63, 3.8) is 0 Å². The summed E-state index contributed by atoms with van der Waals surface area (Å²) in [5, 5.41) is 13.5. The predicted molar refractivity (Wildman–Crippen MR) is 89.3 cm³/mol. The Morgan fingerprint density at radius 2 is 1.55 bits per heavy atom. The van der Waals surface area contributed by atoms with E-state index in [1.807, 2.05) is 13.0 Å². The molecule has 116 valence electrons. The minimum Gasteiger partial charge on any atom is -0.389 e. The molecule has 4 atom stereocenters. The standard InChI is InChI=1S/C20H25NO/c1-3-17-19(16-12-8-5-9-13-16)21-18(14-20(17,2)22)15-10-6-4-7-11-15/h4-13,17-19,21-22H,3,14H2,1-2H3/p+1/t17-,18-,19+,20+/m0/s1. The summed E-state index contributed by atoms with van der Waals surface area (Å²) in [5.74, 6) is 0.273. The smallest absolute Gasteiger partial charge is 0.118 e. The fourth-order valence-corrected chi connectivity index (χ4v) is 4.08. The van der Waals surface area contributed by atoms with E-state index in [2.05, 4.69) is 66.8 Å². The molecule has 1 aliphatic heterocycles. The quantitative estimate of drug-likeness (QED) is 0.896. The number of quaternary nitrogens is 1. The van der Waals surface area contributed by atoms with E-state index in [-0.39, 0.29) is 5.92 Å². The zero-order valence-electron chi connectivity index (χ0n) is 13.4. The molecule has 1 saturated heterocycles. The molecule has 2 aromatic rings. The molecule has 3 N–H and O–H groups in total. The third kappa shape index (κ3) is 2.94. The van der Waals surface area contributed by atoms with Crippen molar-refractivity contribution >= 4 is 0 Å². The van der Waals surface area contributed by atoms with Gasteiger partial charge in [-0.1, -0.05) is 67.6 Å². The highest BCUT2D eigenvalue weighted by molar-refractivity contribution is 5.22. The zero-order valence-corrected chi connectivity index (χ0v) is 13.4. The first kappa shape index (κ1) is 15.3. The molecular formula is C20H26NO+. The first-order chi connectivity index (χ1) is 10.6. The summed E-state index contributed by atoms with van der Waals surface area (Å²) >= 11 is 0. The number of benzene rings is 2. The van der Waals surface area contributed by atoms with Crippen LogP contribution in [0.2, 0.25) is 0 Å². The first-order valence-corrected chi connectivity index (χ1v) is 8.29. The van der Waals surface area contributed by atoms with Gasteiger partial charge in [-0.25, -0.2) is 0 Å². The molecule has 0 amide bonds. The van der Waals surface area contributed by atoms with Crippen LogP contribution in [0.4, 0.5) is 0 Å². The summed E-state index contributed by atoms with van der Waals surface area (Å²) in [6.07, 6.45) is 1.80. The average Bonchev–Trinajstić information content (AvgIpc) is 2.55. The molecule has 0 unspecified atom stereocenters. The van der Waals surface area contributed by atoms with Crippen molar-refractivity contribution in [2.45, 2.75) is 44.4 Å². The van der Waals surface area contributed by atoms with Crippen LogP contribution < -0.4 is 5.32 Å². The fourth-order valence-electron chi connectivity index (χ4n) is 4.08. The number of hydrogen-bond donors (Lipinski definition) is 2. The van der Waals surface area contributed by atoms with E-state index in [4.69, 9.17) is 0 Å². The maximum Gasteiger partial charge on any atom is 0.118 e. The van der Waals surface area contributed by atoms with Crippen LogP contribution in [0, 0.1) is 5.92 Å². The molecule has 0 spiro atoms. The van der Waals surface area contributed by atoms with E-state index in [1.54, 1.807) is 0 Å². The minimum absolute atomic E-state index is 0.273. The Morgan fingerprint density at radius 1 is 1.00 bits per heavy atom. The molecule has 1 fully saturated rings. The molecular weight excluding hydrogens is 270 g/mol. The van der Waals surface area contributed by atoms with E-state index in [0.717, 1.165) is 12.8 Å². The lowest BCUT2D eigenvalue weighted by molar-refractivity contribution is -0.756. The Morgan fingerprint density at radius 3 is 2.09 bits per heavy atom. The molecule has 22 heavy (non-hydrogen) atoms. The van der Waals surface area contributed by atoms with Gasteiger partial charge in [0.15, 0.2) is 0 Å². The lowest BCUT2D eigenvalue weighted by Crippen LogP contribution is -2.91. The van der Waals surface area contributed by atoms with Crippen LogP contribution >= 0.6 is 0 Å². The highest BCUT2D eigenvalue weighted by Crippen LogP contribution is 2.40. The molecule has 3 rings (SSSR count). The van der Waals surface area contributed by atoms with Crippen molar-refractivity contribution in [2.24, 2.45) is 5.92 Å². The number of aliphatic hydroxyl groups is 1. The summed E-state index contributed by atoms with van der Waals surface area (Å²) in [4.78, 5) is 0. The van der Waals surface area contributed by atoms with Crippen molar-refractivity contribution in [1.29, 1.82) is 0 Å². The summed E-state index contributed by atoms with van der Waals surface area (Å²) in [5.41, 5.74) is 1.98. The van der Waals surface area contributed by atoms with Gasteiger partial charge >= 0.3 is 0 Å². The zero-order chi connectivity index (χ0) is 15.6. The van der Waals surface area contributed by atoms with Gasteiger partial charge in [0.2, 0.25) is 0 Å². The van der Waals surface area contributed by atoms with Gasteiger partial charge in [0, 0.05) is 23.5 Å². The maximum absolute atomic E-state index is 11.1. The van der Waals surface area contributed by atoms with Gasteiger partial charge in [-0.2, -0.15) is 0 Å². The molecule has 1 aliphatic rings. The Kier molecular flexibility index (Phi) is 4.32. The van der Waals surface area contributed by atoms with Gasteiger partial charge < -0.3 is 10.4 Å². The van der Waals surface area contributed by atoms with Gasteiger partial charge in [0.05, 0.1) is 5.60 Å². The topological polar surface area (TPSA) is 36.8 Å². The van der Waals surface area contributed by atoms with Gasteiger partial charge in [-0.05, 0) is 13.3 Å². The van der Waals surface area contributed by atoms with Crippen molar-refractivity contribution < 1.29 is 10.4 Å². The molecule has 2 aromatic carbocycles. The SMILES string of the molecule is CC[C@H]1[C@@H](c2ccccc2)[NH2+][C@H](c2ccccc2)C[C@@]1(C)O. The van der Waals surface area contributed by atoms with E-state index in [0.29, 0.717) is 12.1 Å². The molecule has 1 heterocycles. The van der Waals surface area contributed by atoms with Crippen molar-refractivity contribution in [3.8, 4) is 0 Å². The molecule has 2 heteroatoms. The molecule has 0 aliphatic carbocycles. The van der Waals surface area contributed by atoms with Crippen molar-refractivity contribution in [1.82, 2.24) is 0 Å². The fraction of sp³-hybridized carbons (Fsp3) is 0.400. The predicted octanol–water partition coefficient (Wildman–Crippen LogP) is 3.21. The third-order valence-electron chi connectivity index (χ3n) is 5.16. The number of piperidine rings is 1. The Labute approximate surface area is 133 Å². The number of rotatable bonds is 3. The van der Waals surface area contributed by atoms with Gasteiger partial charge in [0.25, 0.3) is 0 Å². The summed E-state index contributed by atoms with van der Waals surface area (Å²) in [6, 6.07) is 21.8. The lowest BCUT2D eigenvalue weighted by Gasteiger charge is -2.44. The van der Waals surface area contributed by atoms with Crippen molar-refractivity contribution in [2.75, 3.05) is 0 Å². The van der Waals surface area contributed by atoms with Gasteiger partial charge in [0.1, 0.15) is 12.1 Å². The van der Waals surface area contributed by atoms with Crippen molar-refractivity contribution in [3.05, 3.63) is 71.8 Å². The monoisotopic (exact) mass is 296 g/mol. The summed E-state index contributed by atoms with van der Waals surface area (Å²) in [7, 11) is 0. The second kappa shape index (κ2) is 6.23. The molecule has 0 radical (unpaired) electrons. The molecule has 0 aromatic heterocycles. The molecule has 0 bridgehead atoms. The second-order valence-electron chi connectivity index (χ2n) is 6.72. The van der Waals surface area contributed by atoms with Crippen LogP contribution in [0.15, 0.2) is 60.7 Å². The van der Waals surface area contributed by atoms with Crippen LogP contribution in [0.25, 0.3) is 0 Å². The maximum atomic E-state index is 11.1. The van der Waals surface area contributed by atoms with Crippen LogP contribution in [-0.4, -0.2) is 10.7 Å². The van der Waals surface area contributed by atoms with E-state index < -0.39 is 5.60 Å². The van der Waals surface area contributed by atoms with Crippen LogP contribution in [0.3, 0.4) is 0 Å². The van der Waals surface area contributed by atoms with Crippen LogP contribution in [0.5, 0.6) is 0 Å². The van der Waals surface area contributed by atoms with Gasteiger partial charge in [-0.3, -0.25) is 0 Å². The van der Waals surface area contributed by atoms with Crippen LogP contribution in [0.1, 0.15) is 49.9 Å². The van der Waals surface area contributed by atoms with E-state index in [1.165, 1.54) is 11.1 Å². The highest BCUT2D eigenvalue weighted by Gasteiger charge is 2.47. The minimum atomic E-state index is -0.634. The third-order valence-corrected chi connectivity index (χ3v) is 5.16. The van der Waals surface area contributed by atoms with Gasteiger partial charge in [-0.15, -0.1) is 0 Å².